The number of rotatable bonds is 4. The molecule has 1 fully saturated rings. The van der Waals surface area contributed by atoms with Crippen LogP contribution in [0.3, 0.4) is 0 Å². The highest BCUT2D eigenvalue weighted by atomic mass is 35.5. The molecule has 0 bridgehead atoms. The fraction of sp³-hybridized carbons (Fsp3) is 0.276. The van der Waals surface area contributed by atoms with Crippen molar-refractivity contribution >= 4 is 39.3 Å². The molecule has 1 aromatic heterocycles. The van der Waals surface area contributed by atoms with Crippen LogP contribution in [0.15, 0.2) is 66.9 Å². The number of thioether (sulfide) groups is 1. The minimum atomic E-state index is -0.309. The van der Waals surface area contributed by atoms with E-state index >= 15 is 0 Å². The third-order valence-corrected chi connectivity index (χ3v) is 9.17. The van der Waals surface area contributed by atoms with Gasteiger partial charge in [-0.05, 0) is 74.6 Å². The minimum absolute atomic E-state index is 0.0728. The van der Waals surface area contributed by atoms with Crippen LogP contribution in [0.1, 0.15) is 53.2 Å². The van der Waals surface area contributed by atoms with Gasteiger partial charge in [-0.3, -0.25) is 5.01 Å². The number of fused-ring (bicyclic) bond motifs is 1. The van der Waals surface area contributed by atoms with Gasteiger partial charge in [0.25, 0.3) is 0 Å². The lowest BCUT2D eigenvalue weighted by molar-refractivity contribution is -0.0533. The first-order chi connectivity index (χ1) is 17.3. The largest absolute Gasteiger partial charge is 0.340 e. The van der Waals surface area contributed by atoms with Crippen LogP contribution < -0.4 is 0 Å². The van der Waals surface area contributed by atoms with Gasteiger partial charge >= 0.3 is 0 Å². The first kappa shape index (κ1) is 23.6. The summed E-state index contributed by atoms with van der Waals surface area (Å²) in [6.07, 6.45) is 4.27. The second-order valence-corrected chi connectivity index (χ2v) is 11.4. The normalized spacial score (nSPS) is 22.5. The van der Waals surface area contributed by atoms with Gasteiger partial charge in [-0.2, -0.15) is 0 Å². The van der Waals surface area contributed by atoms with Crippen LogP contribution in [-0.4, -0.2) is 26.5 Å². The molecule has 4 aromatic rings. The van der Waals surface area contributed by atoms with E-state index < -0.39 is 0 Å². The van der Waals surface area contributed by atoms with Crippen LogP contribution in [0.2, 0.25) is 5.02 Å². The summed E-state index contributed by atoms with van der Waals surface area (Å²) >= 11 is 8.20. The summed E-state index contributed by atoms with van der Waals surface area (Å²) in [6.45, 7) is 7.32. The standard InChI is InChI=1S/C29H28ClFN4S/c1-18-5-7-21(8-6-18)27-34(17-25(36-27)20-9-11-22(31)12-10-20)35-16-4-15-29(35,3)28-32-24-14-13-23(30)19(2)26(24)33-28/h5-14,17,27H,4,15-16H2,1-3H3,(H,32,33)/t27?,29-/m0/s1. The number of imidazole rings is 1. The molecule has 36 heavy (non-hydrogen) atoms. The number of hydrazine groups is 1. The van der Waals surface area contributed by atoms with Crippen molar-refractivity contribution in [2.75, 3.05) is 6.54 Å². The summed E-state index contributed by atoms with van der Waals surface area (Å²) in [5.41, 5.74) is 6.12. The van der Waals surface area contributed by atoms with E-state index in [0.29, 0.717) is 0 Å². The molecule has 1 N–H and O–H groups in total. The lowest BCUT2D eigenvalue weighted by Crippen LogP contribution is -2.48. The molecule has 3 heterocycles. The molecular weight excluding hydrogens is 491 g/mol. The highest BCUT2D eigenvalue weighted by Gasteiger charge is 2.47. The number of nitrogens with zero attached hydrogens (tertiary/aromatic N) is 3. The van der Waals surface area contributed by atoms with Gasteiger partial charge in [-0.1, -0.05) is 65.3 Å². The van der Waals surface area contributed by atoms with E-state index in [-0.39, 0.29) is 16.7 Å². The highest BCUT2D eigenvalue weighted by Crippen LogP contribution is 2.52. The second kappa shape index (κ2) is 8.94. The Hall–Kier alpha value is -2.80. The summed E-state index contributed by atoms with van der Waals surface area (Å²) in [4.78, 5) is 9.80. The van der Waals surface area contributed by atoms with Crippen molar-refractivity contribution in [3.8, 4) is 0 Å². The number of aromatic nitrogens is 2. The van der Waals surface area contributed by atoms with Crippen LogP contribution in [0.4, 0.5) is 4.39 Å². The van der Waals surface area contributed by atoms with Crippen molar-refractivity contribution in [2.24, 2.45) is 0 Å². The quantitative estimate of drug-likeness (QED) is 0.297. The van der Waals surface area contributed by atoms with Crippen molar-refractivity contribution in [2.45, 2.75) is 44.5 Å². The van der Waals surface area contributed by atoms with Gasteiger partial charge < -0.3 is 4.98 Å². The predicted octanol–water partition coefficient (Wildman–Crippen LogP) is 7.94. The maximum atomic E-state index is 13.6. The fourth-order valence-corrected chi connectivity index (χ4v) is 6.71. The molecule has 0 spiro atoms. The lowest BCUT2D eigenvalue weighted by Gasteiger charge is -2.42. The predicted molar refractivity (Wildman–Crippen MR) is 147 cm³/mol. The number of hydrogen-bond donors (Lipinski definition) is 1. The first-order valence-electron chi connectivity index (χ1n) is 12.3. The number of halogens is 2. The van der Waals surface area contributed by atoms with Crippen LogP contribution >= 0.6 is 23.4 Å². The summed E-state index contributed by atoms with van der Waals surface area (Å²) in [7, 11) is 0. The minimum Gasteiger partial charge on any atom is -0.340 e. The maximum absolute atomic E-state index is 13.6. The van der Waals surface area contributed by atoms with Crippen LogP contribution in [-0.2, 0) is 5.54 Å². The number of aryl methyl sites for hydroxylation is 2. The first-order valence-corrected chi connectivity index (χ1v) is 13.5. The van der Waals surface area contributed by atoms with Gasteiger partial charge in [0.05, 0.1) is 16.6 Å². The fourth-order valence-electron chi connectivity index (χ4n) is 5.30. The van der Waals surface area contributed by atoms with Gasteiger partial charge in [-0.15, -0.1) is 0 Å². The van der Waals surface area contributed by atoms with Crippen molar-refractivity contribution in [3.63, 3.8) is 0 Å². The Morgan fingerprint density at radius 2 is 1.81 bits per heavy atom. The molecule has 7 heteroatoms. The van der Waals surface area contributed by atoms with Crippen molar-refractivity contribution in [1.29, 1.82) is 0 Å². The summed E-state index contributed by atoms with van der Waals surface area (Å²) < 4.78 is 13.6. The van der Waals surface area contributed by atoms with Gasteiger partial charge in [0.2, 0.25) is 0 Å². The Morgan fingerprint density at radius 1 is 1.06 bits per heavy atom. The number of hydrogen-bond acceptors (Lipinski definition) is 4. The molecule has 1 unspecified atom stereocenters. The molecular formula is C29H28ClFN4S. The average Bonchev–Trinajstić information content (AvgIpc) is 3.60. The summed E-state index contributed by atoms with van der Waals surface area (Å²) in [5, 5.41) is 5.63. The average molecular weight is 519 g/mol. The Balaban J connectivity index is 1.43. The molecule has 4 nitrogen and oxygen atoms in total. The van der Waals surface area contributed by atoms with Crippen molar-refractivity contribution in [1.82, 2.24) is 20.0 Å². The molecule has 0 radical (unpaired) electrons. The third kappa shape index (κ3) is 3.92. The van der Waals surface area contributed by atoms with E-state index in [1.807, 2.05) is 31.2 Å². The van der Waals surface area contributed by atoms with Crippen molar-refractivity contribution in [3.05, 3.63) is 106 Å². The molecule has 1 saturated heterocycles. The zero-order valence-corrected chi connectivity index (χ0v) is 22.1. The van der Waals surface area contributed by atoms with Crippen LogP contribution in [0.5, 0.6) is 0 Å². The van der Waals surface area contributed by atoms with E-state index in [1.165, 1.54) is 23.3 Å². The van der Waals surface area contributed by atoms with Gasteiger partial charge in [0.15, 0.2) is 0 Å². The zero-order valence-electron chi connectivity index (χ0n) is 20.6. The van der Waals surface area contributed by atoms with E-state index in [4.69, 9.17) is 16.6 Å². The van der Waals surface area contributed by atoms with E-state index in [0.717, 1.165) is 57.3 Å². The molecule has 0 aliphatic carbocycles. The monoisotopic (exact) mass is 518 g/mol. The van der Waals surface area contributed by atoms with Crippen LogP contribution in [0.25, 0.3) is 15.9 Å². The second-order valence-electron chi connectivity index (χ2n) is 9.92. The number of aromatic amines is 1. The van der Waals surface area contributed by atoms with Crippen LogP contribution in [0, 0.1) is 19.7 Å². The Morgan fingerprint density at radius 3 is 2.56 bits per heavy atom. The molecule has 2 aliphatic heterocycles. The highest BCUT2D eigenvalue weighted by molar-refractivity contribution is 8.08. The maximum Gasteiger partial charge on any atom is 0.129 e. The number of H-pyrrole nitrogens is 1. The lowest BCUT2D eigenvalue weighted by atomic mass is 9.99. The SMILES string of the molecule is Cc1ccc(C2SC(c3ccc(F)cc3)=CN2N2CCC[C@@]2(C)c2nc3c(C)c(Cl)ccc3[nH]2)cc1. The number of nitrogens with one attached hydrogen (secondary N) is 1. The van der Waals surface area contributed by atoms with Gasteiger partial charge in [0.1, 0.15) is 17.0 Å². The van der Waals surface area contributed by atoms with Crippen molar-refractivity contribution < 1.29 is 4.39 Å². The molecule has 0 amide bonds. The zero-order chi connectivity index (χ0) is 25.0. The molecule has 0 saturated carbocycles. The number of benzene rings is 3. The summed E-state index contributed by atoms with van der Waals surface area (Å²) in [6, 6.07) is 19.5. The van der Waals surface area contributed by atoms with E-state index in [2.05, 4.69) is 59.3 Å². The van der Waals surface area contributed by atoms with E-state index in [9.17, 15) is 4.39 Å². The van der Waals surface area contributed by atoms with E-state index in [1.54, 1.807) is 11.8 Å². The van der Waals surface area contributed by atoms with Gasteiger partial charge in [0, 0.05) is 22.7 Å². The molecule has 2 atom stereocenters. The Labute approximate surface area is 220 Å². The summed E-state index contributed by atoms with van der Waals surface area (Å²) in [5.74, 6) is 0.735. The smallest absolute Gasteiger partial charge is 0.129 e. The third-order valence-electron chi connectivity index (χ3n) is 7.45. The Bertz CT molecular complexity index is 1460. The Kier molecular flexibility index (Phi) is 5.86. The molecule has 2 aliphatic rings. The van der Waals surface area contributed by atoms with Gasteiger partial charge in [-0.25, -0.2) is 14.4 Å². The topological polar surface area (TPSA) is 35.2 Å². The molecule has 184 valence electrons. The molecule has 6 rings (SSSR count). The molecule has 3 aromatic carbocycles.